The molecule has 1 aliphatic rings. The molecule has 0 saturated heterocycles. The Morgan fingerprint density at radius 3 is 2.50 bits per heavy atom. The van der Waals surface area contributed by atoms with Gasteiger partial charge in [-0.25, -0.2) is 0 Å². The van der Waals surface area contributed by atoms with Crippen molar-refractivity contribution >= 4 is 5.78 Å². The Morgan fingerprint density at radius 2 is 1.90 bits per heavy atom. The SMILES string of the molecule is CC1CCC(N(C)CC(=O)c2ccc(O)cc2O)CC1. The summed E-state index contributed by atoms with van der Waals surface area (Å²) in [6.45, 7) is 2.58. The molecule has 20 heavy (non-hydrogen) atoms. The first-order chi connectivity index (χ1) is 9.47. The van der Waals surface area contributed by atoms with E-state index in [1.54, 1.807) is 0 Å². The summed E-state index contributed by atoms with van der Waals surface area (Å²) in [7, 11) is 1.97. The third-order valence-corrected chi connectivity index (χ3v) is 4.28. The van der Waals surface area contributed by atoms with Gasteiger partial charge in [0.15, 0.2) is 5.78 Å². The Bertz CT molecular complexity index is 479. The third kappa shape index (κ3) is 3.51. The lowest BCUT2D eigenvalue weighted by molar-refractivity contribution is 0.0886. The normalized spacial score (nSPS) is 22.9. The number of carbonyl (C=O) groups is 1. The smallest absolute Gasteiger partial charge is 0.180 e. The summed E-state index contributed by atoms with van der Waals surface area (Å²) >= 11 is 0. The van der Waals surface area contributed by atoms with Gasteiger partial charge in [-0.1, -0.05) is 6.92 Å². The number of phenols is 2. The van der Waals surface area contributed by atoms with Crippen LogP contribution in [0.4, 0.5) is 0 Å². The van der Waals surface area contributed by atoms with Crippen LogP contribution in [0.1, 0.15) is 43.0 Å². The topological polar surface area (TPSA) is 60.8 Å². The van der Waals surface area contributed by atoms with E-state index in [2.05, 4.69) is 11.8 Å². The van der Waals surface area contributed by atoms with E-state index in [0.717, 1.165) is 18.8 Å². The summed E-state index contributed by atoms with van der Waals surface area (Å²) in [5.41, 5.74) is 0.277. The van der Waals surface area contributed by atoms with Gasteiger partial charge in [0.2, 0.25) is 0 Å². The second-order valence-electron chi connectivity index (χ2n) is 5.95. The molecule has 0 atom stereocenters. The van der Waals surface area contributed by atoms with Crippen molar-refractivity contribution < 1.29 is 15.0 Å². The van der Waals surface area contributed by atoms with E-state index in [1.807, 2.05) is 7.05 Å². The van der Waals surface area contributed by atoms with Crippen LogP contribution >= 0.6 is 0 Å². The van der Waals surface area contributed by atoms with E-state index < -0.39 is 0 Å². The van der Waals surface area contributed by atoms with Crippen LogP contribution in [0.15, 0.2) is 18.2 Å². The second-order valence-corrected chi connectivity index (χ2v) is 5.95. The first-order valence-corrected chi connectivity index (χ1v) is 7.22. The van der Waals surface area contributed by atoms with Gasteiger partial charge < -0.3 is 10.2 Å². The second kappa shape index (κ2) is 6.27. The van der Waals surface area contributed by atoms with Crippen molar-refractivity contribution in [3.63, 3.8) is 0 Å². The molecule has 0 aliphatic heterocycles. The number of nitrogens with zero attached hydrogens (tertiary/aromatic N) is 1. The van der Waals surface area contributed by atoms with Gasteiger partial charge in [-0.05, 0) is 50.8 Å². The lowest BCUT2D eigenvalue weighted by Crippen LogP contribution is -2.38. The van der Waals surface area contributed by atoms with Gasteiger partial charge in [0.1, 0.15) is 11.5 Å². The van der Waals surface area contributed by atoms with Gasteiger partial charge in [-0.2, -0.15) is 0 Å². The number of benzene rings is 1. The Balaban J connectivity index is 1.97. The van der Waals surface area contributed by atoms with Crippen molar-refractivity contribution in [1.29, 1.82) is 0 Å². The van der Waals surface area contributed by atoms with Gasteiger partial charge in [0.05, 0.1) is 12.1 Å². The number of phenolic OH excluding ortho intramolecular Hbond substituents is 2. The molecule has 0 amide bonds. The minimum absolute atomic E-state index is 0.0336. The van der Waals surface area contributed by atoms with Gasteiger partial charge in [-0.3, -0.25) is 9.69 Å². The molecule has 1 aromatic rings. The van der Waals surface area contributed by atoms with Crippen LogP contribution in [0.3, 0.4) is 0 Å². The molecule has 4 heteroatoms. The van der Waals surface area contributed by atoms with Crippen LogP contribution < -0.4 is 0 Å². The predicted molar refractivity (Wildman–Crippen MR) is 78.2 cm³/mol. The van der Waals surface area contributed by atoms with Crippen molar-refractivity contribution in [3.8, 4) is 11.5 Å². The summed E-state index contributed by atoms with van der Waals surface area (Å²) in [5, 5.41) is 19.0. The number of Topliss-reactive ketones (excluding diaryl/α,β-unsaturated/α-hetero) is 1. The molecule has 0 bridgehead atoms. The number of aromatic hydroxyl groups is 2. The van der Waals surface area contributed by atoms with Crippen molar-refractivity contribution in [2.24, 2.45) is 5.92 Å². The minimum Gasteiger partial charge on any atom is -0.508 e. The van der Waals surface area contributed by atoms with E-state index in [0.29, 0.717) is 12.6 Å². The standard InChI is InChI=1S/C16H23NO3/c1-11-3-5-12(6-4-11)17(2)10-16(20)14-8-7-13(18)9-15(14)19/h7-9,11-12,18-19H,3-6,10H2,1-2H3. The summed E-state index contributed by atoms with van der Waals surface area (Å²) in [4.78, 5) is 14.3. The molecule has 0 radical (unpaired) electrons. The molecule has 1 aliphatic carbocycles. The Morgan fingerprint density at radius 1 is 1.25 bits per heavy atom. The molecule has 2 rings (SSSR count). The fourth-order valence-electron chi connectivity index (χ4n) is 2.88. The van der Waals surface area contributed by atoms with E-state index in [4.69, 9.17) is 0 Å². The van der Waals surface area contributed by atoms with Crippen molar-refractivity contribution in [2.75, 3.05) is 13.6 Å². The highest BCUT2D eigenvalue weighted by Crippen LogP contribution is 2.27. The number of rotatable bonds is 4. The fraction of sp³-hybridized carbons (Fsp3) is 0.562. The van der Waals surface area contributed by atoms with Crippen LogP contribution in [0.2, 0.25) is 0 Å². The van der Waals surface area contributed by atoms with Crippen LogP contribution in [-0.2, 0) is 0 Å². The Labute approximate surface area is 120 Å². The number of likely N-dealkylation sites (N-methyl/N-ethyl adjacent to an activating group) is 1. The predicted octanol–water partition coefficient (Wildman–Crippen LogP) is 2.79. The van der Waals surface area contributed by atoms with Gasteiger partial charge in [0.25, 0.3) is 0 Å². The summed E-state index contributed by atoms with van der Waals surface area (Å²) < 4.78 is 0. The van der Waals surface area contributed by atoms with E-state index in [1.165, 1.54) is 31.0 Å². The third-order valence-electron chi connectivity index (χ3n) is 4.28. The highest BCUT2D eigenvalue weighted by atomic mass is 16.3. The van der Waals surface area contributed by atoms with E-state index in [-0.39, 0.29) is 22.8 Å². The molecule has 2 N–H and O–H groups in total. The maximum absolute atomic E-state index is 12.2. The molecule has 0 aromatic heterocycles. The molecular weight excluding hydrogens is 254 g/mol. The minimum atomic E-state index is -0.152. The number of hydrogen-bond donors (Lipinski definition) is 2. The van der Waals surface area contributed by atoms with Crippen LogP contribution in [-0.4, -0.2) is 40.5 Å². The molecule has 0 spiro atoms. The molecule has 0 heterocycles. The zero-order valence-electron chi connectivity index (χ0n) is 12.2. The van der Waals surface area contributed by atoms with Crippen molar-refractivity contribution in [2.45, 2.75) is 38.6 Å². The fourth-order valence-corrected chi connectivity index (χ4v) is 2.88. The van der Waals surface area contributed by atoms with Gasteiger partial charge in [-0.15, -0.1) is 0 Å². The van der Waals surface area contributed by atoms with E-state index >= 15 is 0 Å². The average molecular weight is 277 g/mol. The molecular formula is C16H23NO3. The van der Waals surface area contributed by atoms with Crippen molar-refractivity contribution in [1.82, 2.24) is 4.90 Å². The lowest BCUT2D eigenvalue weighted by atomic mass is 9.86. The monoisotopic (exact) mass is 277 g/mol. The van der Waals surface area contributed by atoms with E-state index in [9.17, 15) is 15.0 Å². The summed E-state index contributed by atoms with van der Waals surface area (Å²) in [5.74, 6) is 0.495. The highest BCUT2D eigenvalue weighted by Gasteiger charge is 2.24. The van der Waals surface area contributed by atoms with Gasteiger partial charge >= 0.3 is 0 Å². The number of ketones is 1. The molecule has 110 valence electrons. The van der Waals surface area contributed by atoms with Crippen LogP contribution in [0.25, 0.3) is 0 Å². The molecule has 1 aromatic carbocycles. The Hall–Kier alpha value is -1.55. The summed E-state index contributed by atoms with van der Waals surface area (Å²) in [6.07, 6.45) is 4.69. The zero-order valence-corrected chi connectivity index (χ0v) is 12.2. The summed E-state index contributed by atoms with van der Waals surface area (Å²) in [6, 6.07) is 4.56. The lowest BCUT2D eigenvalue weighted by Gasteiger charge is -2.33. The maximum atomic E-state index is 12.2. The van der Waals surface area contributed by atoms with Gasteiger partial charge in [0, 0.05) is 12.1 Å². The average Bonchev–Trinajstić information content (AvgIpc) is 2.39. The number of carbonyl (C=O) groups excluding carboxylic acids is 1. The van der Waals surface area contributed by atoms with Crippen LogP contribution in [0, 0.1) is 5.92 Å². The van der Waals surface area contributed by atoms with Crippen LogP contribution in [0.5, 0.6) is 11.5 Å². The van der Waals surface area contributed by atoms with Crippen molar-refractivity contribution in [3.05, 3.63) is 23.8 Å². The molecule has 1 fully saturated rings. The maximum Gasteiger partial charge on any atom is 0.180 e. The molecule has 4 nitrogen and oxygen atoms in total. The Kier molecular flexibility index (Phi) is 4.65. The highest BCUT2D eigenvalue weighted by molar-refractivity contribution is 6.00. The molecule has 0 unspecified atom stereocenters. The quantitative estimate of drug-likeness (QED) is 0.831. The first kappa shape index (κ1) is 14.9. The zero-order chi connectivity index (χ0) is 14.7. The first-order valence-electron chi connectivity index (χ1n) is 7.22. The largest absolute Gasteiger partial charge is 0.508 e. The number of hydrogen-bond acceptors (Lipinski definition) is 4. The molecule has 1 saturated carbocycles.